The molecule has 0 saturated heterocycles. The van der Waals surface area contributed by atoms with Crippen LogP contribution in [0, 0.1) is 46.3 Å². The molecule has 2 aromatic carbocycles. The van der Waals surface area contributed by atoms with Crippen molar-refractivity contribution in [2.45, 2.75) is 257 Å². The van der Waals surface area contributed by atoms with Crippen LogP contribution in [0.3, 0.4) is 0 Å². The average molecular weight is 1180 g/mol. The Morgan fingerprint density at radius 2 is 0.694 bits per heavy atom. The first-order valence-electron chi connectivity index (χ1n) is 33.8. The zero-order valence-electron chi connectivity index (χ0n) is 52.3. The minimum Gasteiger partial charge on any atom is -0.658 e. The van der Waals surface area contributed by atoms with Crippen LogP contribution in [-0.2, 0) is 16.5 Å². The number of aliphatic imine (C=N–C) groups is 2. The number of hydrogen-bond donors (Lipinski definition) is 0. The Kier molecular flexibility index (Phi) is 17.7. The fraction of sp³-hybridized carbons (Fsp3) is 0.579. The predicted molar refractivity (Wildman–Crippen MR) is 340 cm³/mol. The minimum absolute atomic E-state index is 0. The second-order valence-electron chi connectivity index (χ2n) is 28.6. The van der Waals surface area contributed by atoms with Gasteiger partial charge in [0.1, 0.15) is 34.4 Å². The van der Waals surface area contributed by atoms with Crippen LogP contribution in [0.25, 0.3) is 11.5 Å². The van der Waals surface area contributed by atoms with E-state index in [2.05, 4.69) is 91.8 Å². The number of ether oxygens (including phenoxy) is 2. The molecule has 8 fully saturated rings. The number of nitrogens with zero attached hydrogens (tertiary/aromatic N) is 6. The minimum atomic E-state index is 0. The zero-order valence-corrected chi connectivity index (χ0v) is 53.3. The Hall–Kier alpha value is -5.63. The summed E-state index contributed by atoms with van der Waals surface area (Å²) in [7, 11) is 0. The van der Waals surface area contributed by atoms with Gasteiger partial charge in [0.05, 0.1) is 23.3 Å². The summed E-state index contributed by atoms with van der Waals surface area (Å²) in [5.74, 6) is 9.02. The van der Waals surface area contributed by atoms with Gasteiger partial charge < -0.3 is 19.4 Å². The molecule has 4 aromatic rings. The Bertz CT molecular complexity index is 3160. The molecule has 0 radical (unpaired) electrons. The second kappa shape index (κ2) is 25.2. The Balaban J connectivity index is 0.000000165. The topological polar surface area (TPSA) is 119 Å². The van der Waals surface area contributed by atoms with Crippen LogP contribution in [0.1, 0.15) is 324 Å². The van der Waals surface area contributed by atoms with E-state index in [4.69, 9.17) is 29.4 Å². The number of rotatable bonds is 18. The smallest absolute Gasteiger partial charge is 0.658 e. The van der Waals surface area contributed by atoms with Gasteiger partial charge in [0.2, 0.25) is 0 Å². The van der Waals surface area contributed by atoms with Gasteiger partial charge in [-0.05, 0) is 232 Å². The molecule has 2 aliphatic heterocycles. The predicted octanol–water partition coefficient (Wildman–Crippen LogP) is 20.0. The van der Waals surface area contributed by atoms with Crippen molar-refractivity contribution >= 4 is 22.9 Å². The van der Waals surface area contributed by atoms with Crippen LogP contribution in [0.2, 0.25) is 0 Å². The van der Waals surface area contributed by atoms with Gasteiger partial charge in [-0.1, -0.05) is 141 Å². The number of benzene rings is 2. The van der Waals surface area contributed by atoms with E-state index in [0.717, 1.165) is 68.1 Å². The second-order valence-corrected chi connectivity index (χ2v) is 28.6. The summed E-state index contributed by atoms with van der Waals surface area (Å²) in [6, 6.07) is 17.9. The fourth-order valence-electron chi connectivity index (χ4n) is 14.4. The van der Waals surface area contributed by atoms with Crippen LogP contribution >= 0.6 is 0 Å². The largest absolute Gasteiger partial charge is 2.00 e. The number of nitriles is 2. The molecule has 8 saturated carbocycles. The molecule has 0 N–H and O–H groups in total. The molecule has 0 atom stereocenters. The standard InChI is InChI=1S/2C38H46N3O.Ni/c2*1-22(2)29-17-24(21-39)18-30(23(3)4)37(29)42-38(35-31(25-9-5-10-25)19-33(40-35)27-13-7-14-27)36-32(26-11-6-12-26)20-34(41-36)28-15-8-16-28;/h2*17-20,22-23,25-28H,5-16H2,1-4H3;/q2*-1;+2/b2*38-35+;. The van der Waals surface area contributed by atoms with Crippen molar-refractivity contribution < 1.29 is 26.0 Å². The summed E-state index contributed by atoms with van der Waals surface area (Å²) in [6.45, 7) is 17.6. The first kappa shape index (κ1) is 59.7. The third-order valence-corrected chi connectivity index (χ3v) is 21.9. The van der Waals surface area contributed by atoms with E-state index >= 15 is 0 Å². The summed E-state index contributed by atoms with van der Waals surface area (Å²) >= 11 is 0. The maximum Gasteiger partial charge on any atom is 2.00 e. The molecule has 9 heteroatoms. The third kappa shape index (κ3) is 11.6. The third-order valence-electron chi connectivity index (χ3n) is 21.9. The maximum absolute atomic E-state index is 9.89. The zero-order chi connectivity index (χ0) is 57.9. The summed E-state index contributed by atoms with van der Waals surface area (Å²) in [6.07, 6.45) is 35.1. The summed E-state index contributed by atoms with van der Waals surface area (Å²) in [5, 5.41) is 19.8. The number of allylic oxidation sites excluding steroid dienone is 4. The molecule has 0 unspecified atom stereocenters. The monoisotopic (exact) mass is 1180 g/mol. The quantitative estimate of drug-likeness (QED) is 0.0723. The van der Waals surface area contributed by atoms with Crippen LogP contribution in [0.4, 0.5) is 0 Å². The number of aromatic nitrogens is 2. The first-order chi connectivity index (χ1) is 40.8. The molecule has 0 bridgehead atoms. The van der Waals surface area contributed by atoms with E-state index in [1.165, 1.54) is 199 Å². The van der Waals surface area contributed by atoms with Gasteiger partial charge in [0.15, 0.2) is 0 Å². The van der Waals surface area contributed by atoms with Gasteiger partial charge in [0.25, 0.3) is 0 Å². The van der Waals surface area contributed by atoms with Crippen molar-refractivity contribution in [2.24, 2.45) is 33.7 Å². The van der Waals surface area contributed by atoms with E-state index < -0.39 is 0 Å². The Morgan fingerprint density at radius 1 is 0.412 bits per heavy atom. The molecule has 8 aliphatic carbocycles. The van der Waals surface area contributed by atoms with E-state index in [1.54, 1.807) is 0 Å². The van der Waals surface area contributed by atoms with Gasteiger partial charge in [-0.25, -0.2) is 9.98 Å². The van der Waals surface area contributed by atoms with Crippen LogP contribution in [0.5, 0.6) is 11.5 Å². The molecule has 8 nitrogen and oxygen atoms in total. The van der Waals surface area contributed by atoms with Gasteiger partial charge >= 0.3 is 16.5 Å². The molecule has 10 aliphatic rings. The summed E-state index contributed by atoms with van der Waals surface area (Å²) < 4.78 is 14.7. The van der Waals surface area contributed by atoms with E-state index in [0.29, 0.717) is 58.5 Å². The van der Waals surface area contributed by atoms with Crippen molar-refractivity contribution in [1.82, 2.24) is 9.97 Å². The van der Waals surface area contributed by atoms with Crippen molar-refractivity contribution in [1.29, 1.82) is 10.5 Å². The molecule has 14 rings (SSSR count). The first-order valence-corrected chi connectivity index (χ1v) is 33.8. The van der Waals surface area contributed by atoms with Crippen molar-refractivity contribution in [3.8, 4) is 23.6 Å². The molecular formula is C76H92N6NiO2. The van der Waals surface area contributed by atoms with Crippen LogP contribution in [-0.4, -0.2) is 11.4 Å². The van der Waals surface area contributed by atoms with Gasteiger partial charge in [-0.15, -0.1) is 0 Å². The van der Waals surface area contributed by atoms with Gasteiger partial charge in [-0.2, -0.15) is 21.9 Å². The molecule has 0 spiro atoms. The summed E-state index contributed by atoms with van der Waals surface area (Å²) in [5.41, 5.74) is 20.6. The van der Waals surface area contributed by atoms with E-state index in [9.17, 15) is 10.5 Å². The molecule has 2 aromatic heterocycles. The van der Waals surface area contributed by atoms with E-state index in [-0.39, 0.29) is 40.2 Å². The Morgan fingerprint density at radius 3 is 0.929 bits per heavy atom. The van der Waals surface area contributed by atoms with Crippen LogP contribution in [0.15, 0.2) is 81.1 Å². The van der Waals surface area contributed by atoms with Gasteiger partial charge in [-0.3, -0.25) is 0 Å². The SMILES string of the molecule is CC(C)c1cc(C#N)cc(C(C)C)c1O/C(=C1/N=C(C2CCC2)C=C1C1CCC1)c1[n-]c(C2CCC2)cc1C1CCC1.CC(C)c1cc(C#N)cc(C(C)C)c1O/C(=C1/N=C(C2CCC2)C=C1C1CCC1)c1[n-]c(C2CCC2)cc1C1CCC1.[Ni+2]. The normalized spacial score (nSPS) is 22.4. The molecule has 448 valence electrons. The van der Waals surface area contributed by atoms with Gasteiger partial charge in [0, 0.05) is 23.3 Å². The average Bonchev–Trinajstić information content (AvgIpc) is 2.23. The maximum atomic E-state index is 9.89. The summed E-state index contributed by atoms with van der Waals surface area (Å²) in [4.78, 5) is 21.9. The number of hydrogen-bond acceptors (Lipinski definition) is 6. The van der Waals surface area contributed by atoms with Crippen molar-refractivity contribution in [3.05, 3.63) is 138 Å². The van der Waals surface area contributed by atoms with Crippen molar-refractivity contribution in [3.63, 3.8) is 0 Å². The fourth-order valence-corrected chi connectivity index (χ4v) is 14.4. The van der Waals surface area contributed by atoms with Crippen LogP contribution < -0.4 is 19.4 Å². The Labute approximate surface area is 518 Å². The van der Waals surface area contributed by atoms with E-state index in [1.807, 2.05) is 24.3 Å². The molecular weight excluding hydrogens is 1090 g/mol. The molecule has 85 heavy (non-hydrogen) atoms. The molecule has 0 amide bonds. The molecule has 4 heterocycles. The van der Waals surface area contributed by atoms with Crippen molar-refractivity contribution in [2.75, 3.05) is 0 Å².